The largest absolute Gasteiger partial charge is 0.472 e. The Kier molecular flexibility index (Phi) is 37.8. The third kappa shape index (κ3) is 30.5. The maximum atomic E-state index is 13.0. The number of aliphatic hydroxyl groups is 6. The first kappa shape index (κ1) is 59.4. The number of carbonyl (C=O) groups excluding carboxylic acids is 1. The van der Waals surface area contributed by atoms with Gasteiger partial charge in [-0.1, -0.05) is 232 Å². The summed E-state index contributed by atoms with van der Waals surface area (Å²) in [6.07, 6.45) is 31.4. The molecule has 13 heteroatoms. The summed E-state index contributed by atoms with van der Waals surface area (Å²) in [6, 6.07) is -1.03. The van der Waals surface area contributed by atoms with Crippen LogP contribution in [0.4, 0.5) is 0 Å². The first-order valence-corrected chi connectivity index (χ1v) is 27.5. The van der Waals surface area contributed by atoms with Crippen LogP contribution in [0.15, 0.2) is 0 Å². The number of phosphoric ester groups is 1. The number of carbonyl (C=O) groups is 1. The molecular weight excluding hydrogens is 810 g/mol. The molecule has 1 fully saturated rings. The zero-order valence-electron chi connectivity index (χ0n) is 39.7. The van der Waals surface area contributed by atoms with E-state index in [0.29, 0.717) is 19.3 Å². The second-order valence-electron chi connectivity index (χ2n) is 18.7. The van der Waals surface area contributed by atoms with Gasteiger partial charge in [0.2, 0.25) is 5.91 Å². The van der Waals surface area contributed by atoms with E-state index in [9.17, 15) is 44.9 Å². The highest BCUT2D eigenvalue weighted by Gasteiger charge is 2.51. The third-order valence-electron chi connectivity index (χ3n) is 12.9. The minimum absolute atomic E-state index is 0.243. The van der Waals surface area contributed by atoms with Gasteiger partial charge in [-0.25, -0.2) is 4.57 Å². The van der Waals surface area contributed by atoms with Gasteiger partial charge < -0.3 is 40.8 Å². The van der Waals surface area contributed by atoms with Gasteiger partial charge in [-0.2, -0.15) is 0 Å². The van der Waals surface area contributed by atoms with E-state index < -0.39 is 63.2 Å². The van der Waals surface area contributed by atoms with Crippen LogP contribution in [0.5, 0.6) is 0 Å². The molecule has 0 heterocycles. The van der Waals surface area contributed by atoms with Gasteiger partial charge in [0.1, 0.15) is 36.6 Å². The van der Waals surface area contributed by atoms with Crippen molar-refractivity contribution in [1.82, 2.24) is 5.32 Å². The fraction of sp³-hybridized carbons (Fsp3) is 0.980. The van der Waals surface area contributed by atoms with Gasteiger partial charge in [-0.05, 0) is 12.8 Å². The molecule has 1 amide bonds. The minimum atomic E-state index is -5.05. The number of hydrogen-bond donors (Lipinski definition) is 8. The van der Waals surface area contributed by atoms with Gasteiger partial charge in [0.15, 0.2) is 0 Å². The maximum Gasteiger partial charge on any atom is 0.472 e. The molecule has 1 aliphatic rings. The monoisotopic (exact) mass is 908 g/mol. The molecule has 0 aromatic carbocycles. The van der Waals surface area contributed by atoms with Crippen molar-refractivity contribution in [2.75, 3.05) is 6.61 Å². The van der Waals surface area contributed by atoms with Crippen molar-refractivity contribution < 1.29 is 53.9 Å². The van der Waals surface area contributed by atoms with Crippen LogP contribution in [0.3, 0.4) is 0 Å². The Hall–Kier alpha value is -0.660. The van der Waals surface area contributed by atoms with Gasteiger partial charge in [0.05, 0.1) is 18.8 Å². The Balaban J connectivity index is 2.35. The first-order chi connectivity index (χ1) is 29.9. The average Bonchev–Trinajstić information content (AvgIpc) is 3.25. The molecule has 0 saturated heterocycles. The molecule has 0 aromatic heterocycles. The fourth-order valence-corrected chi connectivity index (χ4v) is 9.64. The maximum absolute atomic E-state index is 13.0. The average molecular weight is 908 g/mol. The van der Waals surface area contributed by atoms with Crippen LogP contribution >= 0.6 is 7.82 Å². The molecule has 0 aromatic rings. The zero-order chi connectivity index (χ0) is 45.7. The van der Waals surface area contributed by atoms with Crippen molar-refractivity contribution in [2.45, 2.75) is 300 Å². The highest BCUT2D eigenvalue weighted by atomic mass is 31.2. The Morgan fingerprint density at radius 3 is 1.11 bits per heavy atom. The second-order valence-corrected chi connectivity index (χ2v) is 20.1. The van der Waals surface area contributed by atoms with Crippen molar-refractivity contribution in [3.63, 3.8) is 0 Å². The lowest BCUT2D eigenvalue weighted by Gasteiger charge is -2.41. The molecule has 0 bridgehead atoms. The number of rotatable bonds is 44. The lowest BCUT2D eigenvalue weighted by Crippen LogP contribution is -2.64. The van der Waals surface area contributed by atoms with E-state index in [4.69, 9.17) is 9.05 Å². The van der Waals surface area contributed by atoms with Crippen molar-refractivity contribution in [3.05, 3.63) is 0 Å². The third-order valence-corrected chi connectivity index (χ3v) is 13.9. The van der Waals surface area contributed by atoms with E-state index in [1.54, 1.807) is 0 Å². The smallest absolute Gasteiger partial charge is 0.391 e. The van der Waals surface area contributed by atoms with E-state index >= 15 is 0 Å². The standard InChI is InChI=1S/C49H98NO11P/c1-3-5-7-9-11-13-15-17-18-19-20-21-22-23-24-25-27-29-31-33-35-37-39-43(52)50-41(42(51)38-36-34-32-30-28-26-16-14-12-10-8-6-4-2)40-60-62(58,59)61-49-47(56)45(54)44(53)46(55)48(49)57/h41-42,44-49,51,53-57H,3-40H2,1-2H3,(H,50,52)(H,58,59)/t41-,42+,44?,45+,46?,47?,48?,49?/m0/s1. The van der Waals surface area contributed by atoms with E-state index in [1.807, 2.05) is 0 Å². The van der Waals surface area contributed by atoms with Gasteiger partial charge in [-0.15, -0.1) is 0 Å². The second kappa shape index (κ2) is 39.5. The number of nitrogens with one attached hydrogen (secondary N) is 1. The number of aliphatic hydroxyl groups excluding tert-OH is 6. The zero-order valence-corrected chi connectivity index (χ0v) is 40.6. The quantitative estimate of drug-likeness (QED) is 0.0213. The Bertz CT molecular complexity index is 1060. The molecule has 8 N–H and O–H groups in total. The molecule has 0 radical (unpaired) electrons. The first-order valence-electron chi connectivity index (χ1n) is 26.0. The minimum Gasteiger partial charge on any atom is -0.391 e. The summed E-state index contributed by atoms with van der Waals surface area (Å²) < 4.78 is 23.0. The Morgan fingerprint density at radius 1 is 0.484 bits per heavy atom. The summed E-state index contributed by atoms with van der Waals surface area (Å²) in [7, 11) is -5.05. The van der Waals surface area contributed by atoms with Gasteiger partial charge in [0, 0.05) is 6.42 Å². The molecule has 370 valence electrons. The number of unbranched alkanes of at least 4 members (excludes halogenated alkanes) is 33. The lowest BCUT2D eigenvalue weighted by molar-refractivity contribution is -0.220. The topological polar surface area (TPSA) is 206 Å². The summed E-state index contributed by atoms with van der Waals surface area (Å²) >= 11 is 0. The summed E-state index contributed by atoms with van der Waals surface area (Å²) in [4.78, 5) is 23.5. The molecule has 1 rings (SSSR count). The molecule has 62 heavy (non-hydrogen) atoms. The molecule has 9 atom stereocenters. The van der Waals surface area contributed by atoms with Crippen molar-refractivity contribution in [2.24, 2.45) is 0 Å². The van der Waals surface area contributed by atoms with Crippen LogP contribution in [0, 0.1) is 0 Å². The van der Waals surface area contributed by atoms with E-state index in [2.05, 4.69) is 19.2 Å². The van der Waals surface area contributed by atoms with Crippen molar-refractivity contribution in [3.8, 4) is 0 Å². The van der Waals surface area contributed by atoms with E-state index in [0.717, 1.165) is 38.5 Å². The Morgan fingerprint density at radius 2 is 0.774 bits per heavy atom. The highest BCUT2D eigenvalue weighted by Crippen LogP contribution is 2.47. The van der Waals surface area contributed by atoms with Crippen LogP contribution < -0.4 is 5.32 Å². The van der Waals surface area contributed by atoms with Crippen LogP contribution in [0.1, 0.15) is 251 Å². The van der Waals surface area contributed by atoms with Crippen molar-refractivity contribution in [1.29, 1.82) is 0 Å². The van der Waals surface area contributed by atoms with Gasteiger partial charge in [-0.3, -0.25) is 13.8 Å². The normalized spacial score (nSPS) is 22.4. The Labute approximate surface area is 378 Å². The van der Waals surface area contributed by atoms with E-state index in [-0.39, 0.29) is 12.3 Å². The molecule has 1 aliphatic carbocycles. The highest BCUT2D eigenvalue weighted by molar-refractivity contribution is 7.47. The molecule has 6 unspecified atom stereocenters. The number of amides is 1. The SMILES string of the molecule is CCCCCCCCCCCCCCCCCCCCCCCCC(=O)N[C@@H](COP(=O)(O)OC1C(O)C(O)C(O)[C@@H](O)C1O)[C@H](O)CCCCCCCCCCCCCCC. The molecule has 12 nitrogen and oxygen atoms in total. The van der Waals surface area contributed by atoms with Crippen LogP contribution in [0.2, 0.25) is 0 Å². The molecule has 0 spiro atoms. The van der Waals surface area contributed by atoms with Crippen LogP contribution in [-0.4, -0.2) is 96.8 Å². The molecule has 0 aliphatic heterocycles. The van der Waals surface area contributed by atoms with Gasteiger partial charge >= 0.3 is 7.82 Å². The lowest BCUT2D eigenvalue weighted by atomic mass is 9.85. The summed E-state index contributed by atoms with van der Waals surface area (Å²) in [5.74, 6) is -0.303. The van der Waals surface area contributed by atoms with Crippen LogP contribution in [0.25, 0.3) is 0 Å². The predicted molar refractivity (Wildman–Crippen MR) is 251 cm³/mol. The van der Waals surface area contributed by atoms with Crippen LogP contribution in [-0.2, 0) is 18.4 Å². The molecular formula is C49H98NO11P. The van der Waals surface area contributed by atoms with Gasteiger partial charge in [0.25, 0.3) is 0 Å². The summed E-state index contributed by atoms with van der Waals surface area (Å²) in [5.41, 5.74) is 0. The number of phosphoric acid groups is 1. The molecule has 1 saturated carbocycles. The summed E-state index contributed by atoms with van der Waals surface area (Å²) in [6.45, 7) is 3.91. The van der Waals surface area contributed by atoms with E-state index in [1.165, 1.54) is 173 Å². The van der Waals surface area contributed by atoms with Crippen molar-refractivity contribution >= 4 is 13.7 Å². The fourth-order valence-electron chi connectivity index (χ4n) is 8.67. The predicted octanol–water partition coefficient (Wildman–Crippen LogP) is 10.6. The summed E-state index contributed by atoms with van der Waals surface area (Å²) in [5, 5.41) is 64.2. The number of hydrogen-bond acceptors (Lipinski definition) is 10.